The highest BCUT2D eigenvalue weighted by Gasteiger charge is 2.68. The number of hydrogen-bond acceptors (Lipinski definition) is 7. The maximum atomic E-state index is 13.6. The second-order valence-electron chi connectivity index (χ2n) is 14.0. The molecule has 2 aromatic rings. The van der Waals surface area contributed by atoms with Gasteiger partial charge < -0.3 is 15.7 Å². The van der Waals surface area contributed by atoms with E-state index in [4.69, 9.17) is 0 Å². The number of carboxylic acid groups (broad SMARTS) is 1. The molecule has 0 heterocycles. The summed E-state index contributed by atoms with van der Waals surface area (Å²) in [6, 6.07) is 12.8. The Labute approximate surface area is 276 Å². The molecule has 2 aliphatic rings. The molecule has 4 rings (SSSR count). The molecule has 2 aromatic carbocycles. The zero-order chi connectivity index (χ0) is 34.7. The zero-order valence-corrected chi connectivity index (χ0v) is 28.7. The van der Waals surface area contributed by atoms with Gasteiger partial charge in [-0.15, -0.1) is 0 Å². The van der Waals surface area contributed by atoms with Gasteiger partial charge in [0.15, 0.2) is 11.6 Å². The Bertz CT molecular complexity index is 1650. The van der Waals surface area contributed by atoms with Crippen molar-refractivity contribution in [3.8, 4) is 0 Å². The van der Waals surface area contributed by atoms with Crippen LogP contribution < -0.4 is 10.6 Å². The molecule has 2 bridgehead atoms. The molecular formula is C35H47N3O8S. The van der Waals surface area contributed by atoms with Gasteiger partial charge in [0.05, 0.1) is 30.8 Å². The van der Waals surface area contributed by atoms with E-state index in [2.05, 4.69) is 34.9 Å². The van der Waals surface area contributed by atoms with E-state index in [9.17, 15) is 37.5 Å². The number of aryl methyl sites for hydroxylation is 1. The molecule has 12 heteroatoms. The highest BCUT2D eigenvalue weighted by molar-refractivity contribution is 7.88. The van der Waals surface area contributed by atoms with Gasteiger partial charge in [-0.3, -0.25) is 24.0 Å². The maximum Gasteiger partial charge on any atom is 0.305 e. The molecule has 0 radical (unpaired) electrons. The first kappa shape index (κ1) is 36.2. The Hall–Kier alpha value is -3.64. The van der Waals surface area contributed by atoms with Crippen molar-refractivity contribution in [3.63, 3.8) is 0 Å². The Morgan fingerprint density at radius 1 is 1.04 bits per heavy atom. The van der Waals surface area contributed by atoms with E-state index >= 15 is 0 Å². The van der Waals surface area contributed by atoms with Crippen molar-refractivity contribution in [3.05, 3.63) is 48.0 Å². The number of nitrogens with one attached hydrogen (secondary N) is 2. The fourth-order valence-corrected chi connectivity index (χ4v) is 8.90. The number of carbonyl (C=O) groups is 5. The van der Waals surface area contributed by atoms with Crippen LogP contribution in [0.25, 0.3) is 10.8 Å². The highest BCUT2D eigenvalue weighted by atomic mass is 32.2. The Balaban J connectivity index is 1.39. The van der Waals surface area contributed by atoms with E-state index in [1.54, 1.807) is 13.8 Å². The van der Waals surface area contributed by atoms with Crippen LogP contribution in [0.4, 0.5) is 0 Å². The summed E-state index contributed by atoms with van der Waals surface area (Å²) >= 11 is 0. The number of hydrogen-bond donors (Lipinski definition) is 3. The molecule has 256 valence electrons. The number of carboxylic acids is 1. The number of nitrogens with zero attached hydrogens (tertiary/aromatic N) is 1. The normalized spacial score (nSPS) is 21.6. The van der Waals surface area contributed by atoms with Crippen molar-refractivity contribution in [1.82, 2.24) is 14.9 Å². The second-order valence-corrected chi connectivity index (χ2v) is 15.9. The molecule has 47 heavy (non-hydrogen) atoms. The molecule has 2 saturated carbocycles. The Morgan fingerprint density at radius 2 is 1.72 bits per heavy atom. The van der Waals surface area contributed by atoms with E-state index in [0.29, 0.717) is 19.4 Å². The second kappa shape index (κ2) is 14.2. The lowest BCUT2D eigenvalue weighted by atomic mass is 9.75. The Morgan fingerprint density at radius 3 is 2.30 bits per heavy atom. The molecule has 0 spiro atoms. The van der Waals surface area contributed by atoms with Crippen LogP contribution in [-0.2, 0) is 40.4 Å². The topological polar surface area (TPSA) is 167 Å². The average Bonchev–Trinajstić information content (AvgIpc) is 3.35. The average molecular weight is 670 g/mol. The predicted molar refractivity (Wildman–Crippen MR) is 178 cm³/mol. The van der Waals surface area contributed by atoms with Gasteiger partial charge in [-0.2, -0.15) is 4.31 Å². The largest absolute Gasteiger partial charge is 0.481 e. The molecule has 2 aliphatic carbocycles. The van der Waals surface area contributed by atoms with Crippen molar-refractivity contribution >= 4 is 50.1 Å². The lowest BCUT2D eigenvalue weighted by Gasteiger charge is -2.44. The quantitative estimate of drug-likeness (QED) is 0.229. The number of ketones is 2. The summed E-state index contributed by atoms with van der Waals surface area (Å²) in [4.78, 5) is 64.9. The SMILES string of the molecule is CC(C)C(CC(=O)NCCCc1ccc2ccccc2c1)C(=O)NC(CC(=O)O)C(=O)CN(C12CCC(CC1=O)C2(C)C)S(C)(=O)=O. The monoisotopic (exact) mass is 669 g/mol. The van der Waals surface area contributed by atoms with Gasteiger partial charge in [-0.1, -0.05) is 70.2 Å². The van der Waals surface area contributed by atoms with Gasteiger partial charge in [0.2, 0.25) is 21.8 Å². The number of sulfonamides is 1. The van der Waals surface area contributed by atoms with Crippen molar-refractivity contribution in [2.24, 2.45) is 23.2 Å². The van der Waals surface area contributed by atoms with Crippen LogP contribution in [0.5, 0.6) is 0 Å². The summed E-state index contributed by atoms with van der Waals surface area (Å²) in [5, 5.41) is 17.2. The number of aliphatic carboxylic acids is 1. The number of fused-ring (bicyclic) bond motifs is 3. The van der Waals surface area contributed by atoms with Gasteiger partial charge in [0.1, 0.15) is 0 Å². The number of Topliss-reactive ketones (excluding diaryl/α,β-unsaturated/α-hetero) is 2. The van der Waals surface area contributed by atoms with E-state index in [1.807, 2.05) is 32.0 Å². The molecular weight excluding hydrogens is 622 g/mol. The minimum Gasteiger partial charge on any atom is -0.481 e. The molecule has 2 amide bonds. The predicted octanol–water partition coefficient (Wildman–Crippen LogP) is 3.49. The minimum absolute atomic E-state index is 0.0273. The van der Waals surface area contributed by atoms with Crippen LogP contribution in [0.3, 0.4) is 0 Å². The molecule has 0 aliphatic heterocycles. The smallest absolute Gasteiger partial charge is 0.305 e. The van der Waals surface area contributed by atoms with Gasteiger partial charge in [0.25, 0.3) is 0 Å². The first-order chi connectivity index (χ1) is 22.0. The Kier molecular flexibility index (Phi) is 11.0. The molecule has 4 atom stereocenters. The van der Waals surface area contributed by atoms with Crippen LogP contribution in [0.2, 0.25) is 0 Å². The van der Waals surface area contributed by atoms with Gasteiger partial charge in [0, 0.05) is 25.3 Å². The third-order valence-electron chi connectivity index (χ3n) is 10.4. The van der Waals surface area contributed by atoms with Crippen LogP contribution >= 0.6 is 0 Å². The molecule has 4 unspecified atom stereocenters. The molecule has 11 nitrogen and oxygen atoms in total. The third kappa shape index (κ3) is 7.75. The summed E-state index contributed by atoms with van der Waals surface area (Å²) in [6.07, 6.45) is 2.55. The van der Waals surface area contributed by atoms with Crippen molar-refractivity contribution in [2.75, 3.05) is 19.3 Å². The standard InChI is InChI=1S/C35H47N3O8S/c1-22(2)27(19-31(41)36-16-8-9-23-12-13-24-10-6-7-11-25(24)17-23)33(44)37-28(20-32(42)43)29(39)21-38(47(5,45)46)35-15-14-26(18-30(35)40)34(35,3)4/h6-7,10-13,17,22,26-28H,8-9,14-16,18-21H2,1-5H3,(H,36,41)(H,37,44)(H,42,43). The molecule has 3 N–H and O–H groups in total. The number of carbonyl (C=O) groups excluding carboxylic acids is 4. The van der Waals surface area contributed by atoms with E-state index in [1.165, 1.54) is 0 Å². The van der Waals surface area contributed by atoms with Crippen molar-refractivity contribution in [1.29, 1.82) is 0 Å². The van der Waals surface area contributed by atoms with Crippen LogP contribution in [0, 0.1) is 23.2 Å². The number of amides is 2. The van der Waals surface area contributed by atoms with E-state index in [-0.39, 0.29) is 42.8 Å². The lowest BCUT2D eigenvalue weighted by molar-refractivity contribution is -0.142. The summed E-state index contributed by atoms with van der Waals surface area (Å²) in [5.74, 6) is -4.68. The van der Waals surface area contributed by atoms with E-state index in [0.717, 1.165) is 33.3 Å². The zero-order valence-electron chi connectivity index (χ0n) is 27.9. The van der Waals surface area contributed by atoms with Crippen molar-refractivity contribution < 1.29 is 37.5 Å². The first-order valence-corrected chi connectivity index (χ1v) is 18.1. The molecule has 2 fully saturated rings. The van der Waals surface area contributed by atoms with Gasteiger partial charge in [-0.05, 0) is 59.3 Å². The molecule has 0 aromatic heterocycles. The third-order valence-corrected chi connectivity index (χ3v) is 11.6. The van der Waals surface area contributed by atoms with Crippen LogP contribution in [0.15, 0.2) is 42.5 Å². The van der Waals surface area contributed by atoms with Crippen molar-refractivity contribution in [2.45, 2.75) is 84.2 Å². The maximum absolute atomic E-state index is 13.6. The fourth-order valence-electron chi connectivity index (χ4n) is 7.54. The fraction of sp³-hybridized carbons (Fsp3) is 0.571. The summed E-state index contributed by atoms with van der Waals surface area (Å²) in [6.45, 7) is 6.81. The summed E-state index contributed by atoms with van der Waals surface area (Å²) < 4.78 is 27.1. The minimum atomic E-state index is -4.09. The number of benzene rings is 2. The van der Waals surface area contributed by atoms with Gasteiger partial charge >= 0.3 is 5.97 Å². The van der Waals surface area contributed by atoms with Crippen LogP contribution in [-0.4, -0.2) is 78.1 Å². The van der Waals surface area contributed by atoms with Crippen LogP contribution in [0.1, 0.15) is 71.8 Å². The molecule has 0 saturated heterocycles. The first-order valence-electron chi connectivity index (χ1n) is 16.3. The lowest BCUT2D eigenvalue weighted by Crippen LogP contribution is -2.62. The van der Waals surface area contributed by atoms with Gasteiger partial charge in [-0.25, -0.2) is 8.42 Å². The summed E-state index contributed by atoms with van der Waals surface area (Å²) in [7, 11) is -4.09. The highest BCUT2D eigenvalue weighted by Crippen LogP contribution is 2.61. The van der Waals surface area contributed by atoms with E-state index < -0.39 is 63.6 Å². The summed E-state index contributed by atoms with van der Waals surface area (Å²) in [5.41, 5.74) is -0.981. The number of rotatable bonds is 16.